The minimum Gasteiger partial charge on any atom is -0.349 e. The second-order valence-corrected chi connectivity index (χ2v) is 5.99. The largest absolute Gasteiger partial charge is 0.391 e. The third kappa shape index (κ3) is 3.98. The molecule has 2 rings (SSSR count). The first-order valence-corrected chi connectivity index (χ1v) is 7.28. The van der Waals surface area contributed by atoms with E-state index >= 15 is 0 Å². The van der Waals surface area contributed by atoms with Crippen molar-refractivity contribution in [2.24, 2.45) is 5.92 Å². The lowest BCUT2D eigenvalue weighted by molar-refractivity contribution is -0.182. The van der Waals surface area contributed by atoms with Crippen LogP contribution in [0.15, 0.2) is 28.7 Å². The summed E-state index contributed by atoms with van der Waals surface area (Å²) in [4.78, 5) is 12.0. The van der Waals surface area contributed by atoms with E-state index in [0.717, 1.165) is 4.47 Å². The molecule has 1 N–H and O–H groups in total. The molecule has 0 aromatic heterocycles. The lowest BCUT2D eigenvalue weighted by atomic mass is 9.85. The molecule has 110 valence electrons. The third-order valence-electron chi connectivity index (χ3n) is 3.63. The van der Waals surface area contributed by atoms with Crippen LogP contribution < -0.4 is 5.32 Å². The van der Waals surface area contributed by atoms with Crippen LogP contribution in [0.25, 0.3) is 0 Å². The first-order valence-electron chi connectivity index (χ1n) is 6.49. The van der Waals surface area contributed by atoms with Crippen LogP contribution in [0, 0.1) is 5.92 Å². The molecule has 1 fully saturated rings. The van der Waals surface area contributed by atoms with Crippen molar-refractivity contribution in [2.75, 3.05) is 0 Å². The minimum absolute atomic E-state index is 0.0920. The van der Waals surface area contributed by atoms with Gasteiger partial charge in [0.2, 0.25) is 0 Å². The topological polar surface area (TPSA) is 29.1 Å². The number of benzene rings is 1. The van der Waals surface area contributed by atoms with E-state index in [9.17, 15) is 18.0 Å². The van der Waals surface area contributed by atoms with Crippen LogP contribution in [0.1, 0.15) is 36.0 Å². The number of amides is 1. The zero-order valence-corrected chi connectivity index (χ0v) is 12.3. The van der Waals surface area contributed by atoms with Crippen molar-refractivity contribution in [3.63, 3.8) is 0 Å². The molecule has 0 unspecified atom stereocenters. The van der Waals surface area contributed by atoms with Crippen LogP contribution in [0.3, 0.4) is 0 Å². The molecular weight excluding hydrogens is 335 g/mol. The van der Waals surface area contributed by atoms with Gasteiger partial charge in [0, 0.05) is 16.1 Å². The molecule has 0 radical (unpaired) electrons. The highest BCUT2D eigenvalue weighted by Crippen LogP contribution is 2.37. The Hall–Kier alpha value is -1.04. The van der Waals surface area contributed by atoms with Crippen molar-refractivity contribution in [2.45, 2.75) is 37.9 Å². The fourth-order valence-corrected chi connectivity index (χ4v) is 2.70. The van der Waals surface area contributed by atoms with E-state index in [0.29, 0.717) is 18.4 Å². The molecule has 1 aliphatic rings. The maximum Gasteiger partial charge on any atom is 0.391 e. The SMILES string of the molecule is O=C(NC1CCC(C(F)(F)F)CC1)c1ccc(Br)cc1. The first-order chi connectivity index (χ1) is 9.36. The quantitative estimate of drug-likeness (QED) is 0.847. The van der Waals surface area contributed by atoms with E-state index < -0.39 is 12.1 Å². The van der Waals surface area contributed by atoms with Gasteiger partial charge in [0.15, 0.2) is 0 Å². The second-order valence-electron chi connectivity index (χ2n) is 5.07. The molecule has 0 spiro atoms. The molecule has 20 heavy (non-hydrogen) atoms. The number of nitrogens with one attached hydrogen (secondary N) is 1. The average molecular weight is 350 g/mol. The summed E-state index contributed by atoms with van der Waals surface area (Å²) in [6.45, 7) is 0. The molecular formula is C14H15BrF3NO. The Morgan fingerprint density at radius 3 is 2.15 bits per heavy atom. The maximum atomic E-state index is 12.5. The Morgan fingerprint density at radius 1 is 1.10 bits per heavy atom. The van der Waals surface area contributed by atoms with E-state index in [1.165, 1.54) is 0 Å². The molecule has 0 aliphatic heterocycles. The van der Waals surface area contributed by atoms with E-state index in [1.807, 2.05) is 0 Å². The molecule has 1 saturated carbocycles. The number of alkyl halides is 3. The van der Waals surface area contributed by atoms with Gasteiger partial charge in [0.25, 0.3) is 5.91 Å². The number of rotatable bonds is 2. The van der Waals surface area contributed by atoms with Gasteiger partial charge in [-0.1, -0.05) is 15.9 Å². The van der Waals surface area contributed by atoms with Gasteiger partial charge >= 0.3 is 6.18 Å². The van der Waals surface area contributed by atoms with Gasteiger partial charge in [0.1, 0.15) is 0 Å². The highest BCUT2D eigenvalue weighted by atomic mass is 79.9. The summed E-state index contributed by atoms with van der Waals surface area (Å²) < 4.78 is 38.5. The summed E-state index contributed by atoms with van der Waals surface area (Å²) in [5, 5.41) is 2.81. The van der Waals surface area contributed by atoms with Gasteiger partial charge in [0.05, 0.1) is 5.92 Å². The maximum absolute atomic E-state index is 12.5. The van der Waals surface area contributed by atoms with Gasteiger partial charge in [-0.2, -0.15) is 13.2 Å². The average Bonchev–Trinajstić information content (AvgIpc) is 2.39. The Kier molecular flexibility index (Phi) is 4.73. The predicted octanol–water partition coefficient (Wildman–Crippen LogP) is 4.30. The van der Waals surface area contributed by atoms with Crippen LogP contribution >= 0.6 is 15.9 Å². The number of halogens is 4. The lowest BCUT2D eigenvalue weighted by Crippen LogP contribution is -2.40. The standard InChI is InChI=1S/C14H15BrF3NO/c15-11-5-1-9(2-6-11)13(20)19-12-7-3-10(4-8-12)14(16,17)18/h1-2,5-6,10,12H,3-4,7-8H2,(H,19,20). The van der Waals surface area contributed by atoms with Crippen LogP contribution in [-0.2, 0) is 0 Å². The van der Waals surface area contributed by atoms with E-state index in [4.69, 9.17) is 0 Å². The Morgan fingerprint density at radius 2 is 1.65 bits per heavy atom. The molecule has 1 amide bonds. The monoisotopic (exact) mass is 349 g/mol. The molecule has 0 heterocycles. The van der Waals surface area contributed by atoms with Gasteiger partial charge in [-0.05, 0) is 49.9 Å². The van der Waals surface area contributed by atoms with Crippen molar-refractivity contribution in [3.05, 3.63) is 34.3 Å². The van der Waals surface area contributed by atoms with Crippen molar-refractivity contribution in [1.29, 1.82) is 0 Å². The normalized spacial score (nSPS) is 23.4. The molecule has 1 aliphatic carbocycles. The van der Waals surface area contributed by atoms with Crippen molar-refractivity contribution in [1.82, 2.24) is 5.32 Å². The van der Waals surface area contributed by atoms with Crippen molar-refractivity contribution >= 4 is 21.8 Å². The van der Waals surface area contributed by atoms with Crippen molar-refractivity contribution < 1.29 is 18.0 Å². The number of hydrogen-bond donors (Lipinski definition) is 1. The second kappa shape index (κ2) is 6.16. The smallest absolute Gasteiger partial charge is 0.349 e. The predicted molar refractivity (Wildman–Crippen MR) is 73.4 cm³/mol. The van der Waals surface area contributed by atoms with Crippen LogP contribution in [0.5, 0.6) is 0 Å². The molecule has 0 atom stereocenters. The summed E-state index contributed by atoms with van der Waals surface area (Å²) in [5.74, 6) is -1.45. The zero-order valence-electron chi connectivity index (χ0n) is 10.7. The van der Waals surface area contributed by atoms with Crippen LogP contribution in [0.2, 0.25) is 0 Å². The van der Waals surface area contributed by atoms with Gasteiger partial charge in [-0.3, -0.25) is 4.79 Å². The van der Waals surface area contributed by atoms with E-state index in [2.05, 4.69) is 21.2 Å². The van der Waals surface area contributed by atoms with E-state index in [1.54, 1.807) is 24.3 Å². The molecule has 1 aromatic carbocycles. The highest BCUT2D eigenvalue weighted by Gasteiger charge is 2.41. The molecule has 0 saturated heterocycles. The number of carbonyl (C=O) groups excluding carboxylic acids is 1. The third-order valence-corrected chi connectivity index (χ3v) is 4.16. The van der Waals surface area contributed by atoms with Gasteiger partial charge in [-0.15, -0.1) is 0 Å². The number of hydrogen-bond acceptors (Lipinski definition) is 1. The molecule has 0 bridgehead atoms. The van der Waals surface area contributed by atoms with Gasteiger partial charge < -0.3 is 5.32 Å². The fourth-order valence-electron chi connectivity index (χ4n) is 2.44. The highest BCUT2D eigenvalue weighted by molar-refractivity contribution is 9.10. The number of carbonyl (C=O) groups is 1. The summed E-state index contributed by atoms with van der Waals surface area (Å²) >= 11 is 3.28. The first kappa shape index (κ1) is 15.4. The fraction of sp³-hybridized carbons (Fsp3) is 0.500. The summed E-state index contributed by atoms with van der Waals surface area (Å²) in [7, 11) is 0. The summed E-state index contributed by atoms with van der Waals surface area (Å²) in [6.07, 6.45) is -3.16. The van der Waals surface area contributed by atoms with Crippen LogP contribution in [-0.4, -0.2) is 18.1 Å². The summed E-state index contributed by atoms with van der Waals surface area (Å²) in [5.41, 5.74) is 0.520. The summed E-state index contributed by atoms with van der Waals surface area (Å²) in [6, 6.07) is 6.72. The molecule has 2 nitrogen and oxygen atoms in total. The van der Waals surface area contributed by atoms with Crippen molar-refractivity contribution in [3.8, 4) is 0 Å². The zero-order chi connectivity index (χ0) is 14.8. The molecule has 1 aromatic rings. The van der Waals surface area contributed by atoms with E-state index in [-0.39, 0.29) is 24.8 Å². The minimum atomic E-state index is -4.11. The Balaban J connectivity index is 1.86. The molecule has 6 heteroatoms. The van der Waals surface area contributed by atoms with Gasteiger partial charge in [-0.25, -0.2) is 0 Å². The Labute approximate surface area is 123 Å². The van der Waals surface area contributed by atoms with Crippen LogP contribution in [0.4, 0.5) is 13.2 Å². The lowest BCUT2D eigenvalue weighted by Gasteiger charge is -2.30. The Bertz CT molecular complexity index is 464.